The van der Waals surface area contributed by atoms with E-state index < -0.39 is 5.97 Å². The molecule has 1 fully saturated rings. The van der Waals surface area contributed by atoms with Gasteiger partial charge in [-0.05, 0) is 44.0 Å². The summed E-state index contributed by atoms with van der Waals surface area (Å²) in [5, 5.41) is 3.05. The first-order valence-corrected chi connectivity index (χ1v) is 7.68. The molecule has 1 aromatic rings. The fourth-order valence-electron chi connectivity index (χ4n) is 1.52. The summed E-state index contributed by atoms with van der Waals surface area (Å²) in [5.74, 6) is -0.625. The van der Waals surface area contributed by atoms with Crippen molar-refractivity contribution in [2.75, 3.05) is 6.61 Å². The number of hydrogen-bond donors (Lipinski definition) is 1. The van der Waals surface area contributed by atoms with Gasteiger partial charge in [-0.15, -0.1) is 11.8 Å². The van der Waals surface area contributed by atoms with Crippen LogP contribution in [0.3, 0.4) is 0 Å². The van der Waals surface area contributed by atoms with E-state index in [1.165, 1.54) is 11.8 Å². The average molecular weight is 314 g/mol. The molecule has 1 saturated carbocycles. The Labute approximate surface area is 127 Å². The Balaban J connectivity index is 1.73. The predicted molar refractivity (Wildman–Crippen MR) is 78.9 cm³/mol. The quantitative estimate of drug-likeness (QED) is 0.648. The third kappa shape index (κ3) is 5.06. The van der Waals surface area contributed by atoms with Gasteiger partial charge in [0, 0.05) is 16.0 Å². The van der Waals surface area contributed by atoms with Crippen molar-refractivity contribution in [3.05, 3.63) is 29.3 Å². The third-order valence-corrected chi connectivity index (χ3v) is 4.09. The first-order valence-electron chi connectivity index (χ1n) is 6.43. The Hall–Kier alpha value is -1.20. The minimum absolute atomic E-state index is 0.207. The van der Waals surface area contributed by atoms with Crippen molar-refractivity contribution in [2.24, 2.45) is 0 Å². The van der Waals surface area contributed by atoms with Gasteiger partial charge in [0.15, 0.2) is 6.61 Å². The van der Waals surface area contributed by atoms with Crippen LogP contribution in [0.15, 0.2) is 29.2 Å². The molecule has 0 radical (unpaired) electrons. The van der Waals surface area contributed by atoms with Crippen LogP contribution < -0.4 is 5.32 Å². The van der Waals surface area contributed by atoms with Crippen LogP contribution in [0.1, 0.15) is 19.8 Å². The van der Waals surface area contributed by atoms with E-state index in [1.807, 2.05) is 12.1 Å². The summed E-state index contributed by atoms with van der Waals surface area (Å²) in [6, 6.07) is 7.51. The van der Waals surface area contributed by atoms with Crippen molar-refractivity contribution >= 4 is 35.2 Å². The molecule has 0 spiro atoms. The second-order valence-electron chi connectivity index (χ2n) is 4.66. The Kier molecular flexibility index (Phi) is 5.31. The molecule has 1 atom stereocenters. The molecule has 1 aromatic carbocycles. The van der Waals surface area contributed by atoms with Crippen molar-refractivity contribution in [2.45, 2.75) is 36.0 Å². The highest BCUT2D eigenvalue weighted by atomic mass is 35.5. The summed E-state index contributed by atoms with van der Waals surface area (Å²) in [4.78, 5) is 24.1. The van der Waals surface area contributed by atoms with Crippen LogP contribution in [0.2, 0.25) is 5.02 Å². The summed E-state index contributed by atoms with van der Waals surface area (Å²) >= 11 is 7.17. The van der Waals surface area contributed by atoms with E-state index in [0.29, 0.717) is 5.02 Å². The van der Waals surface area contributed by atoms with Crippen LogP contribution in [0.5, 0.6) is 0 Å². The largest absolute Gasteiger partial charge is 0.455 e. The second-order valence-corrected chi connectivity index (χ2v) is 6.51. The summed E-state index contributed by atoms with van der Waals surface area (Å²) in [6.07, 6.45) is 2.03. The number of halogens is 1. The van der Waals surface area contributed by atoms with Crippen molar-refractivity contribution < 1.29 is 14.3 Å². The standard InChI is InChI=1S/C14H16ClNO3S/c1-9(20-12-6-2-10(15)3-7-12)14(18)19-8-13(17)16-11-4-5-11/h2-3,6-7,9,11H,4-5,8H2,1H3,(H,16,17)/t9-/m1/s1. The molecule has 0 bridgehead atoms. The summed E-state index contributed by atoms with van der Waals surface area (Å²) in [5.41, 5.74) is 0. The smallest absolute Gasteiger partial charge is 0.319 e. The summed E-state index contributed by atoms with van der Waals surface area (Å²) < 4.78 is 4.99. The molecule has 0 unspecified atom stereocenters. The van der Waals surface area contributed by atoms with Crippen LogP contribution in [0, 0.1) is 0 Å². The number of rotatable bonds is 6. The molecule has 4 nitrogen and oxygen atoms in total. The van der Waals surface area contributed by atoms with Gasteiger partial charge in [0.2, 0.25) is 0 Å². The van der Waals surface area contributed by atoms with Crippen molar-refractivity contribution in [3.8, 4) is 0 Å². The number of hydrogen-bond acceptors (Lipinski definition) is 4. The number of nitrogens with one attached hydrogen (secondary N) is 1. The molecular weight excluding hydrogens is 298 g/mol. The summed E-state index contributed by atoms with van der Waals surface area (Å²) in [7, 11) is 0. The lowest BCUT2D eigenvalue weighted by molar-refractivity contribution is -0.147. The minimum Gasteiger partial charge on any atom is -0.455 e. The van der Waals surface area contributed by atoms with Crippen LogP contribution in [-0.4, -0.2) is 29.8 Å². The Morgan fingerprint density at radius 1 is 1.40 bits per heavy atom. The fourth-order valence-corrected chi connectivity index (χ4v) is 2.51. The molecule has 20 heavy (non-hydrogen) atoms. The van der Waals surface area contributed by atoms with Gasteiger partial charge in [-0.2, -0.15) is 0 Å². The van der Waals surface area contributed by atoms with E-state index in [1.54, 1.807) is 19.1 Å². The van der Waals surface area contributed by atoms with Crippen molar-refractivity contribution in [1.29, 1.82) is 0 Å². The maximum Gasteiger partial charge on any atom is 0.319 e. The van der Waals surface area contributed by atoms with E-state index in [9.17, 15) is 9.59 Å². The lowest BCUT2D eigenvalue weighted by atomic mass is 10.4. The second kappa shape index (κ2) is 6.99. The van der Waals surface area contributed by atoms with E-state index in [0.717, 1.165) is 17.7 Å². The number of carbonyl (C=O) groups excluding carboxylic acids is 2. The molecule has 1 amide bonds. The van der Waals surface area contributed by atoms with E-state index in [2.05, 4.69) is 5.32 Å². The number of carbonyl (C=O) groups is 2. The molecule has 0 saturated heterocycles. The van der Waals surface area contributed by atoms with Crippen LogP contribution >= 0.6 is 23.4 Å². The lowest BCUT2D eigenvalue weighted by Gasteiger charge is -2.11. The molecule has 0 aliphatic heterocycles. The van der Waals surface area contributed by atoms with Crippen molar-refractivity contribution in [1.82, 2.24) is 5.32 Å². The maximum absolute atomic E-state index is 11.8. The molecule has 108 valence electrons. The highest BCUT2D eigenvalue weighted by molar-refractivity contribution is 8.00. The molecule has 1 aliphatic rings. The number of esters is 1. The zero-order chi connectivity index (χ0) is 14.5. The fraction of sp³-hybridized carbons (Fsp3) is 0.429. The zero-order valence-corrected chi connectivity index (χ0v) is 12.7. The topological polar surface area (TPSA) is 55.4 Å². The lowest BCUT2D eigenvalue weighted by Crippen LogP contribution is -2.31. The molecule has 1 aliphatic carbocycles. The molecule has 0 aromatic heterocycles. The first-order chi connectivity index (χ1) is 9.54. The van der Waals surface area contributed by atoms with Crippen LogP contribution in [-0.2, 0) is 14.3 Å². The molecule has 2 rings (SSSR count). The van der Waals surface area contributed by atoms with Gasteiger partial charge in [0.25, 0.3) is 5.91 Å². The number of amides is 1. The van der Waals surface area contributed by atoms with E-state index in [4.69, 9.17) is 16.3 Å². The summed E-state index contributed by atoms with van der Waals surface area (Å²) in [6.45, 7) is 1.54. The molecular formula is C14H16ClNO3S. The minimum atomic E-state index is -0.393. The predicted octanol–water partition coefficient (Wildman–Crippen LogP) is 2.64. The number of ether oxygens (including phenoxy) is 1. The van der Waals surface area contributed by atoms with Gasteiger partial charge < -0.3 is 10.1 Å². The number of benzene rings is 1. The van der Waals surface area contributed by atoms with Gasteiger partial charge in [-0.3, -0.25) is 9.59 Å². The normalized spacial score (nSPS) is 15.5. The van der Waals surface area contributed by atoms with Gasteiger partial charge in [-0.1, -0.05) is 11.6 Å². The number of thioether (sulfide) groups is 1. The Morgan fingerprint density at radius 3 is 2.65 bits per heavy atom. The Morgan fingerprint density at radius 2 is 2.05 bits per heavy atom. The maximum atomic E-state index is 11.8. The Bertz CT molecular complexity index is 488. The third-order valence-electron chi connectivity index (χ3n) is 2.75. The van der Waals surface area contributed by atoms with Crippen molar-refractivity contribution in [3.63, 3.8) is 0 Å². The van der Waals surface area contributed by atoms with Gasteiger partial charge in [0.1, 0.15) is 5.25 Å². The molecule has 0 heterocycles. The molecule has 6 heteroatoms. The van der Waals surface area contributed by atoms with E-state index >= 15 is 0 Å². The van der Waals surface area contributed by atoms with E-state index in [-0.39, 0.29) is 23.8 Å². The van der Waals surface area contributed by atoms with Gasteiger partial charge >= 0.3 is 5.97 Å². The van der Waals surface area contributed by atoms with Crippen LogP contribution in [0.4, 0.5) is 0 Å². The average Bonchev–Trinajstić information content (AvgIpc) is 3.22. The van der Waals surface area contributed by atoms with Gasteiger partial charge in [-0.25, -0.2) is 0 Å². The SMILES string of the molecule is C[C@@H](Sc1ccc(Cl)cc1)C(=O)OCC(=O)NC1CC1. The highest BCUT2D eigenvalue weighted by Crippen LogP contribution is 2.25. The van der Waals surface area contributed by atoms with Gasteiger partial charge in [0.05, 0.1) is 0 Å². The first kappa shape index (κ1) is 15.2. The monoisotopic (exact) mass is 313 g/mol. The zero-order valence-electron chi connectivity index (χ0n) is 11.1. The molecule has 1 N–H and O–H groups in total. The highest BCUT2D eigenvalue weighted by Gasteiger charge is 2.24. The van der Waals surface area contributed by atoms with Crippen LogP contribution in [0.25, 0.3) is 0 Å².